The fourth-order valence-electron chi connectivity index (χ4n) is 6.05. The number of aryl methyl sites for hydroxylation is 1. The third-order valence-corrected chi connectivity index (χ3v) is 7.77. The average Bonchev–Trinajstić information content (AvgIpc) is 3.24. The lowest BCUT2D eigenvalue weighted by Crippen LogP contribution is -2.33. The van der Waals surface area contributed by atoms with E-state index in [1.165, 1.54) is 24.0 Å². The number of para-hydroxylation sites is 1. The zero-order valence-electron chi connectivity index (χ0n) is 20.0. The molecule has 1 aromatic heterocycles. The molecular weight excluding hydrogens is 460 g/mol. The van der Waals surface area contributed by atoms with Crippen LogP contribution in [0.5, 0.6) is 0 Å². The van der Waals surface area contributed by atoms with Crippen molar-refractivity contribution in [1.29, 1.82) is 0 Å². The third-order valence-electron chi connectivity index (χ3n) is 7.50. The Kier molecular flexibility index (Phi) is 5.61. The van der Waals surface area contributed by atoms with Crippen LogP contribution < -0.4 is 15.5 Å². The molecule has 3 aliphatic rings. The van der Waals surface area contributed by atoms with Crippen LogP contribution in [0.2, 0.25) is 5.02 Å². The van der Waals surface area contributed by atoms with Crippen LogP contribution in [0.15, 0.2) is 42.6 Å². The number of amides is 1. The van der Waals surface area contributed by atoms with Gasteiger partial charge in [-0.3, -0.25) is 4.79 Å². The molecule has 0 saturated heterocycles. The molecule has 0 radical (unpaired) electrons. The zero-order valence-corrected chi connectivity index (χ0v) is 20.8. The first-order chi connectivity index (χ1) is 17.0. The SMILES string of the molecule is CNC(=O)C1CN(c2nc(Nc3cc4c5c(c3)CN(C)CC5CCC4)ncc2Cl)c2ccccc21. The number of benzene rings is 2. The van der Waals surface area contributed by atoms with Crippen LogP contribution in [0.25, 0.3) is 0 Å². The molecule has 6 rings (SSSR count). The number of hydrogen-bond donors (Lipinski definition) is 2. The highest BCUT2D eigenvalue weighted by atomic mass is 35.5. The predicted molar refractivity (Wildman–Crippen MR) is 139 cm³/mol. The van der Waals surface area contributed by atoms with Gasteiger partial charge in [0, 0.05) is 38.1 Å². The van der Waals surface area contributed by atoms with Crippen molar-refractivity contribution in [2.75, 3.05) is 37.4 Å². The van der Waals surface area contributed by atoms with Crippen molar-refractivity contribution in [3.63, 3.8) is 0 Å². The lowest BCUT2D eigenvalue weighted by Gasteiger charge is -2.37. The molecule has 2 unspecified atom stereocenters. The number of anilines is 4. The van der Waals surface area contributed by atoms with Crippen LogP contribution in [0.4, 0.5) is 23.1 Å². The Balaban J connectivity index is 1.33. The Hall–Kier alpha value is -3.16. The molecule has 1 amide bonds. The van der Waals surface area contributed by atoms with Crippen LogP contribution in [-0.4, -0.2) is 48.0 Å². The highest BCUT2D eigenvalue weighted by Gasteiger charge is 2.35. The molecule has 3 aromatic rings. The maximum atomic E-state index is 12.6. The van der Waals surface area contributed by atoms with E-state index in [1.807, 2.05) is 29.2 Å². The first kappa shape index (κ1) is 22.3. The molecule has 35 heavy (non-hydrogen) atoms. The molecule has 0 spiro atoms. The molecule has 0 saturated carbocycles. The molecule has 1 aliphatic carbocycles. The van der Waals surface area contributed by atoms with Gasteiger partial charge in [-0.05, 0) is 72.7 Å². The van der Waals surface area contributed by atoms with E-state index in [2.05, 4.69) is 39.7 Å². The first-order valence-corrected chi connectivity index (χ1v) is 12.6. The van der Waals surface area contributed by atoms with Crippen LogP contribution in [0.1, 0.15) is 46.9 Å². The largest absolute Gasteiger partial charge is 0.359 e. The van der Waals surface area contributed by atoms with Crippen molar-refractivity contribution in [1.82, 2.24) is 20.2 Å². The number of halogens is 1. The molecule has 8 heteroatoms. The third kappa shape index (κ3) is 3.93. The number of nitrogens with zero attached hydrogens (tertiary/aromatic N) is 4. The van der Waals surface area contributed by atoms with E-state index in [0.717, 1.165) is 36.4 Å². The fourth-order valence-corrected chi connectivity index (χ4v) is 6.25. The van der Waals surface area contributed by atoms with Crippen molar-refractivity contribution in [3.8, 4) is 0 Å². The zero-order chi connectivity index (χ0) is 24.1. The molecule has 180 valence electrons. The molecule has 2 atom stereocenters. The second-order valence-electron chi connectivity index (χ2n) is 9.82. The van der Waals surface area contributed by atoms with Crippen molar-refractivity contribution < 1.29 is 4.79 Å². The summed E-state index contributed by atoms with van der Waals surface area (Å²) in [5.41, 5.74) is 7.34. The number of carbonyl (C=O) groups is 1. The maximum Gasteiger partial charge on any atom is 0.229 e. The maximum absolute atomic E-state index is 12.6. The average molecular weight is 489 g/mol. The van der Waals surface area contributed by atoms with Crippen molar-refractivity contribution in [2.45, 2.75) is 37.6 Å². The van der Waals surface area contributed by atoms with E-state index in [9.17, 15) is 4.79 Å². The Morgan fingerprint density at radius 2 is 2.00 bits per heavy atom. The monoisotopic (exact) mass is 488 g/mol. The number of aromatic nitrogens is 2. The molecular formula is C27H29ClN6O. The minimum absolute atomic E-state index is 0.0187. The minimum atomic E-state index is -0.280. The van der Waals surface area contributed by atoms with Crippen molar-refractivity contribution in [3.05, 3.63) is 69.9 Å². The van der Waals surface area contributed by atoms with Gasteiger partial charge < -0.3 is 20.4 Å². The second-order valence-corrected chi connectivity index (χ2v) is 10.2. The molecule has 0 bridgehead atoms. The lowest BCUT2D eigenvalue weighted by molar-refractivity contribution is -0.121. The van der Waals surface area contributed by atoms with Crippen LogP contribution in [0, 0.1) is 0 Å². The standard InChI is InChI=1S/C27H29ClN6O/c1-29-26(35)21-15-34(23-9-4-3-8-20(21)23)25-22(28)12-30-27(32-25)31-19-10-16-6-5-7-17-13-33(2)14-18(11-19)24(16)17/h3-4,8-12,17,21H,5-7,13-15H2,1-2H3,(H,29,35)(H,30,31,32). The summed E-state index contributed by atoms with van der Waals surface area (Å²) in [5.74, 6) is 1.44. The topological polar surface area (TPSA) is 73.4 Å². The van der Waals surface area contributed by atoms with E-state index in [1.54, 1.807) is 18.8 Å². The molecule has 7 nitrogen and oxygen atoms in total. The van der Waals surface area contributed by atoms with Gasteiger partial charge in [0.1, 0.15) is 5.02 Å². The quantitative estimate of drug-likeness (QED) is 0.553. The lowest BCUT2D eigenvalue weighted by atomic mass is 9.77. The van der Waals surface area contributed by atoms with Gasteiger partial charge in [0.2, 0.25) is 11.9 Å². The second kappa shape index (κ2) is 8.81. The van der Waals surface area contributed by atoms with E-state index in [-0.39, 0.29) is 11.8 Å². The van der Waals surface area contributed by atoms with E-state index in [4.69, 9.17) is 16.6 Å². The van der Waals surface area contributed by atoms with E-state index < -0.39 is 0 Å². The number of rotatable bonds is 4. The summed E-state index contributed by atoms with van der Waals surface area (Å²) in [6, 6.07) is 12.4. The van der Waals surface area contributed by atoms with Gasteiger partial charge in [0.15, 0.2) is 5.82 Å². The van der Waals surface area contributed by atoms with Gasteiger partial charge in [-0.25, -0.2) is 4.98 Å². The van der Waals surface area contributed by atoms with Crippen molar-refractivity contribution in [2.24, 2.45) is 0 Å². The molecule has 2 N–H and O–H groups in total. The molecule has 3 heterocycles. The molecule has 0 fully saturated rings. The summed E-state index contributed by atoms with van der Waals surface area (Å²) in [4.78, 5) is 26.3. The summed E-state index contributed by atoms with van der Waals surface area (Å²) in [7, 11) is 3.87. The summed E-state index contributed by atoms with van der Waals surface area (Å²) in [5, 5.41) is 6.67. The van der Waals surface area contributed by atoms with Gasteiger partial charge in [0.05, 0.1) is 12.1 Å². The Labute approximate surface area is 210 Å². The van der Waals surface area contributed by atoms with E-state index >= 15 is 0 Å². The highest BCUT2D eigenvalue weighted by Crippen LogP contribution is 2.43. The normalized spacial score (nSPS) is 20.8. The highest BCUT2D eigenvalue weighted by molar-refractivity contribution is 6.33. The predicted octanol–water partition coefficient (Wildman–Crippen LogP) is 4.72. The number of fused-ring (bicyclic) bond motifs is 1. The van der Waals surface area contributed by atoms with Crippen LogP contribution >= 0.6 is 11.6 Å². The fraction of sp³-hybridized carbons (Fsp3) is 0.370. The Morgan fingerprint density at radius 3 is 2.86 bits per heavy atom. The first-order valence-electron chi connectivity index (χ1n) is 12.2. The minimum Gasteiger partial charge on any atom is -0.359 e. The number of carbonyl (C=O) groups excluding carboxylic acids is 1. The van der Waals surface area contributed by atoms with E-state index in [0.29, 0.717) is 29.3 Å². The summed E-state index contributed by atoms with van der Waals surface area (Å²) in [6.45, 7) is 2.59. The van der Waals surface area contributed by atoms with Crippen LogP contribution in [0.3, 0.4) is 0 Å². The Morgan fingerprint density at radius 1 is 1.17 bits per heavy atom. The molecule has 2 aliphatic heterocycles. The van der Waals surface area contributed by atoms with Gasteiger partial charge >= 0.3 is 0 Å². The van der Waals surface area contributed by atoms with Crippen LogP contribution in [-0.2, 0) is 17.8 Å². The van der Waals surface area contributed by atoms with Gasteiger partial charge in [-0.1, -0.05) is 29.8 Å². The Bertz CT molecular complexity index is 1310. The number of likely N-dealkylation sites (N-methyl/N-ethyl adjacent to an activating group) is 2. The summed E-state index contributed by atoms with van der Waals surface area (Å²) in [6.07, 6.45) is 5.26. The summed E-state index contributed by atoms with van der Waals surface area (Å²) < 4.78 is 0. The van der Waals surface area contributed by atoms with Gasteiger partial charge in [-0.2, -0.15) is 4.98 Å². The van der Waals surface area contributed by atoms with Gasteiger partial charge in [0.25, 0.3) is 0 Å². The number of hydrogen-bond acceptors (Lipinski definition) is 6. The van der Waals surface area contributed by atoms with Gasteiger partial charge in [-0.15, -0.1) is 0 Å². The smallest absolute Gasteiger partial charge is 0.229 e. The molecule has 2 aromatic carbocycles. The van der Waals surface area contributed by atoms with Crippen molar-refractivity contribution >= 4 is 40.6 Å². The summed E-state index contributed by atoms with van der Waals surface area (Å²) >= 11 is 6.59. The number of nitrogens with one attached hydrogen (secondary N) is 2.